The quantitative estimate of drug-likeness (QED) is 0.296. The molecule has 0 aromatic heterocycles. The molecule has 0 heterocycles. The molecule has 1 amide bonds. The fourth-order valence-corrected chi connectivity index (χ4v) is 1.34. The molecule has 0 aliphatic heterocycles. The van der Waals surface area contributed by atoms with Crippen molar-refractivity contribution in [1.82, 2.24) is 4.90 Å². The van der Waals surface area contributed by atoms with Gasteiger partial charge in [-0.2, -0.15) is 0 Å². The van der Waals surface area contributed by atoms with Crippen molar-refractivity contribution in [3.63, 3.8) is 0 Å². The largest absolute Gasteiger partial charge is 0.409 e. The molecule has 0 fully saturated rings. The number of carbonyl (C=O) groups excluding carboxylic acids is 1. The number of rotatable bonds is 5. The number of hydrogen-bond acceptors (Lipinski definition) is 3. The van der Waals surface area contributed by atoms with E-state index in [1.165, 1.54) is 0 Å². The van der Waals surface area contributed by atoms with Gasteiger partial charge < -0.3 is 15.8 Å². The Morgan fingerprint density at radius 1 is 1.43 bits per heavy atom. The van der Waals surface area contributed by atoms with Crippen LogP contribution >= 0.6 is 0 Å². The van der Waals surface area contributed by atoms with Gasteiger partial charge >= 0.3 is 0 Å². The van der Waals surface area contributed by atoms with E-state index in [2.05, 4.69) is 5.16 Å². The maximum absolute atomic E-state index is 11.8. The van der Waals surface area contributed by atoms with Gasteiger partial charge in [0.05, 0.1) is 5.92 Å². The molecule has 0 saturated heterocycles. The lowest BCUT2D eigenvalue weighted by atomic mass is 10.0. The molecule has 0 spiro atoms. The van der Waals surface area contributed by atoms with Crippen molar-refractivity contribution in [3.8, 4) is 0 Å². The second-order valence-corrected chi connectivity index (χ2v) is 3.00. The molecule has 82 valence electrons. The third kappa shape index (κ3) is 2.90. The van der Waals surface area contributed by atoms with Crippen molar-refractivity contribution >= 4 is 11.7 Å². The summed E-state index contributed by atoms with van der Waals surface area (Å²) in [4.78, 5) is 13.5. The summed E-state index contributed by atoms with van der Waals surface area (Å²) in [5, 5.41) is 11.4. The van der Waals surface area contributed by atoms with Crippen molar-refractivity contribution < 1.29 is 10.0 Å². The lowest BCUT2D eigenvalue weighted by molar-refractivity contribution is -0.133. The number of nitrogens with zero attached hydrogens (tertiary/aromatic N) is 2. The van der Waals surface area contributed by atoms with Crippen LogP contribution in [0.1, 0.15) is 27.2 Å². The molecular weight excluding hydrogens is 182 g/mol. The fourth-order valence-electron chi connectivity index (χ4n) is 1.34. The molecule has 3 N–H and O–H groups in total. The van der Waals surface area contributed by atoms with Crippen LogP contribution in [0.3, 0.4) is 0 Å². The van der Waals surface area contributed by atoms with E-state index in [-0.39, 0.29) is 11.7 Å². The van der Waals surface area contributed by atoms with E-state index in [9.17, 15) is 4.79 Å². The molecule has 0 bridgehead atoms. The first-order valence-electron chi connectivity index (χ1n) is 4.88. The van der Waals surface area contributed by atoms with Gasteiger partial charge in [-0.05, 0) is 20.3 Å². The Balaban J connectivity index is 4.60. The number of oxime groups is 1. The van der Waals surface area contributed by atoms with Crippen molar-refractivity contribution in [2.75, 3.05) is 13.1 Å². The van der Waals surface area contributed by atoms with Crippen LogP contribution in [0.25, 0.3) is 0 Å². The zero-order valence-corrected chi connectivity index (χ0v) is 9.03. The Hall–Kier alpha value is -1.26. The molecule has 0 saturated carbocycles. The average molecular weight is 201 g/mol. The second-order valence-electron chi connectivity index (χ2n) is 3.00. The summed E-state index contributed by atoms with van der Waals surface area (Å²) in [7, 11) is 0. The lowest BCUT2D eigenvalue weighted by Gasteiger charge is -2.23. The number of hydrogen-bond donors (Lipinski definition) is 2. The van der Waals surface area contributed by atoms with Crippen LogP contribution in [0.5, 0.6) is 0 Å². The van der Waals surface area contributed by atoms with Crippen LogP contribution in [-0.4, -0.2) is 34.9 Å². The molecule has 0 rings (SSSR count). The fraction of sp³-hybridized carbons (Fsp3) is 0.778. The standard InChI is InChI=1S/C9H19N3O2/c1-4-7(8(10)11-14)9(13)12(5-2)6-3/h7,14H,4-6H2,1-3H3,(H2,10,11). The second kappa shape index (κ2) is 6.23. The summed E-state index contributed by atoms with van der Waals surface area (Å²) >= 11 is 0. The summed E-state index contributed by atoms with van der Waals surface area (Å²) in [6, 6.07) is 0. The minimum absolute atomic E-state index is 0.00981. The van der Waals surface area contributed by atoms with Gasteiger partial charge in [-0.25, -0.2) is 0 Å². The Bertz CT molecular complexity index is 212. The normalized spacial score (nSPS) is 13.8. The minimum atomic E-state index is -0.500. The molecular formula is C9H19N3O2. The number of carbonyl (C=O) groups is 1. The smallest absolute Gasteiger partial charge is 0.233 e. The summed E-state index contributed by atoms with van der Waals surface area (Å²) in [5.41, 5.74) is 5.43. The summed E-state index contributed by atoms with van der Waals surface area (Å²) in [6.07, 6.45) is 0.547. The van der Waals surface area contributed by atoms with Gasteiger partial charge in [-0.15, -0.1) is 0 Å². The van der Waals surface area contributed by atoms with E-state index in [4.69, 9.17) is 10.9 Å². The van der Waals surface area contributed by atoms with Crippen LogP contribution in [0, 0.1) is 5.92 Å². The third-order valence-electron chi connectivity index (χ3n) is 2.25. The van der Waals surface area contributed by atoms with Crippen LogP contribution in [0.4, 0.5) is 0 Å². The van der Waals surface area contributed by atoms with Crippen molar-refractivity contribution in [1.29, 1.82) is 0 Å². The van der Waals surface area contributed by atoms with Crippen molar-refractivity contribution in [2.45, 2.75) is 27.2 Å². The third-order valence-corrected chi connectivity index (χ3v) is 2.25. The molecule has 0 aliphatic carbocycles. The molecule has 5 nitrogen and oxygen atoms in total. The van der Waals surface area contributed by atoms with Crippen LogP contribution < -0.4 is 5.73 Å². The highest BCUT2D eigenvalue weighted by Crippen LogP contribution is 2.07. The van der Waals surface area contributed by atoms with Crippen LogP contribution in [0.15, 0.2) is 5.16 Å². The SMILES string of the molecule is CCC(C(=O)N(CC)CC)C(N)=NO. The number of nitrogens with two attached hydrogens (primary N) is 1. The molecule has 0 aliphatic rings. The Labute approximate surface area is 84.6 Å². The Morgan fingerprint density at radius 3 is 2.21 bits per heavy atom. The Morgan fingerprint density at radius 2 is 1.93 bits per heavy atom. The van der Waals surface area contributed by atoms with Gasteiger partial charge in [-0.1, -0.05) is 12.1 Å². The zero-order chi connectivity index (χ0) is 11.1. The highest BCUT2D eigenvalue weighted by Gasteiger charge is 2.24. The first-order chi connectivity index (χ1) is 6.62. The molecule has 1 unspecified atom stereocenters. The molecule has 0 aromatic rings. The predicted octanol–water partition coefficient (Wildman–Crippen LogP) is 0.627. The van der Waals surface area contributed by atoms with Gasteiger partial charge in [0, 0.05) is 13.1 Å². The number of amidine groups is 1. The Kier molecular flexibility index (Phi) is 5.67. The van der Waals surface area contributed by atoms with E-state index in [0.29, 0.717) is 19.5 Å². The van der Waals surface area contributed by atoms with Crippen molar-refractivity contribution in [3.05, 3.63) is 0 Å². The highest BCUT2D eigenvalue weighted by atomic mass is 16.4. The lowest BCUT2D eigenvalue weighted by Crippen LogP contribution is -2.41. The van der Waals surface area contributed by atoms with Gasteiger partial charge in [-0.3, -0.25) is 4.79 Å². The summed E-state index contributed by atoms with van der Waals surface area (Å²) in [5.74, 6) is -0.586. The topological polar surface area (TPSA) is 78.9 Å². The van der Waals surface area contributed by atoms with E-state index >= 15 is 0 Å². The summed E-state index contributed by atoms with van der Waals surface area (Å²) < 4.78 is 0. The molecule has 14 heavy (non-hydrogen) atoms. The molecule has 0 aromatic carbocycles. The highest BCUT2D eigenvalue weighted by molar-refractivity contribution is 6.01. The van der Waals surface area contributed by atoms with Crippen LogP contribution in [0.2, 0.25) is 0 Å². The van der Waals surface area contributed by atoms with E-state index in [0.717, 1.165) is 0 Å². The van der Waals surface area contributed by atoms with Crippen LogP contribution in [-0.2, 0) is 4.79 Å². The first kappa shape index (κ1) is 12.7. The molecule has 5 heteroatoms. The maximum Gasteiger partial charge on any atom is 0.233 e. The van der Waals surface area contributed by atoms with E-state index in [1.54, 1.807) is 4.90 Å². The monoisotopic (exact) mass is 201 g/mol. The average Bonchev–Trinajstić information content (AvgIpc) is 2.20. The van der Waals surface area contributed by atoms with E-state index < -0.39 is 5.92 Å². The maximum atomic E-state index is 11.8. The van der Waals surface area contributed by atoms with Gasteiger partial charge in [0.1, 0.15) is 0 Å². The zero-order valence-electron chi connectivity index (χ0n) is 9.03. The van der Waals surface area contributed by atoms with Gasteiger partial charge in [0.25, 0.3) is 0 Å². The minimum Gasteiger partial charge on any atom is -0.409 e. The molecule has 1 atom stereocenters. The predicted molar refractivity (Wildman–Crippen MR) is 55.1 cm³/mol. The first-order valence-corrected chi connectivity index (χ1v) is 4.88. The molecule has 0 radical (unpaired) electrons. The van der Waals surface area contributed by atoms with E-state index in [1.807, 2.05) is 20.8 Å². The summed E-state index contributed by atoms with van der Waals surface area (Å²) in [6.45, 7) is 6.93. The van der Waals surface area contributed by atoms with Gasteiger partial charge in [0.15, 0.2) is 5.84 Å². The van der Waals surface area contributed by atoms with Crippen molar-refractivity contribution in [2.24, 2.45) is 16.8 Å². The van der Waals surface area contributed by atoms with Gasteiger partial charge in [0.2, 0.25) is 5.91 Å². The number of amides is 1.